The van der Waals surface area contributed by atoms with Gasteiger partial charge < -0.3 is 4.90 Å². The van der Waals surface area contributed by atoms with Gasteiger partial charge in [0.1, 0.15) is 11.6 Å². The second-order valence-corrected chi connectivity index (χ2v) is 5.70. The number of aromatic nitrogens is 2. The summed E-state index contributed by atoms with van der Waals surface area (Å²) in [6, 6.07) is 11.0. The van der Waals surface area contributed by atoms with E-state index < -0.39 is 0 Å². The summed E-state index contributed by atoms with van der Waals surface area (Å²) in [5.41, 5.74) is 1.75. The van der Waals surface area contributed by atoms with E-state index in [9.17, 15) is 4.39 Å². The summed E-state index contributed by atoms with van der Waals surface area (Å²) < 4.78 is 14.1. The summed E-state index contributed by atoms with van der Waals surface area (Å²) >= 11 is 3.19. The molecule has 0 unspecified atom stereocenters. The van der Waals surface area contributed by atoms with Gasteiger partial charge in [0.15, 0.2) is 0 Å². The Morgan fingerprint density at radius 1 is 1.24 bits per heavy atom. The van der Waals surface area contributed by atoms with Crippen LogP contribution in [0.25, 0.3) is 10.9 Å². The Balaban J connectivity index is 1.91. The molecule has 0 saturated carbocycles. The number of rotatable bonds is 3. The molecule has 0 amide bonds. The van der Waals surface area contributed by atoms with Crippen molar-refractivity contribution < 1.29 is 4.39 Å². The molecule has 2 heterocycles. The van der Waals surface area contributed by atoms with Gasteiger partial charge in [-0.2, -0.15) is 0 Å². The lowest BCUT2D eigenvalue weighted by Gasteiger charge is -2.18. The molecule has 5 heteroatoms. The fraction of sp³-hybridized carbons (Fsp3) is 0.125. The second kappa shape index (κ2) is 5.77. The van der Waals surface area contributed by atoms with Gasteiger partial charge in [0.25, 0.3) is 0 Å². The number of pyridine rings is 2. The maximum atomic E-state index is 13.6. The van der Waals surface area contributed by atoms with Crippen LogP contribution in [0.2, 0.25) is 0 Å². The Kier molecular flexibility index (Phi) is 3.84. The molecule has 0 aliphatic rings. The highest BCUT2D eigenvalue weighted by atomic mass is 79.9. The topological polar surface area (TPSA) is 29.0 Å². The molecule has 0 saturated heterocycles. The first kappa shape index (κ1) is 13.9. The summed E-state index contributed by atoms with van der Waals surface area (Å²) in [5.74, 6) is 0.495. The predicted molar refractivity (Wildman–Crippen MR) is 85.7 cm³/mol. The Bertz CT molecular complexity index is 777. The van der Waals surface area contributed by atoms with Crippen molar-refractivity contribution in [2.75, 3.05) is 11.9 Å². The van der Waals surface area contributed by atoms with Crippen molar-refractivity contribution in [2.45, 2.75) is 6.54 Å². The number of hydrogen-bond donors (Lipinski definition) is 0. The largest absolute Gasteiger partial charge is 0.355 e. The van der Waals surface area contributed by atoms with E-state index in [0.29, 0.717) is 16.5 Å². The van der Waals surface area contributed by atoms with E-state index in [-0.39, 0.29) is 5.82 Å². The zero-order valence-corrected chi connectivity index (χ0v) is 13.0. The zero-order chi connectivity index (χ0) is 14.8. The maximum absolute atomic E-state index is 13.6. The predicted octanol–water partition coefficient (Wildman–Crippen LogP) is 4.17. The van der Waals surface area contributed by atoms with Gasteiger partial charge in [-0.3, -0.25) is 4.98 Å². The molecule has 1 aromatic carbocycles. The van der Waals surface area contributed by atoms with E-state index in [1.807, 2.05) is 42.4 Å². The fourth-order valence-electron chi connectivity index (χ4n) is 2.17. The van der Waals surface area contributed by atoms with E-state index in [1.165, 1.54) is 6.07 Å². The molecule has 2 aromatic heterocycles. The highest BCUT2D eigenvalue weighted by Gasteiger charge is 2.07. The SMILES string of the molecule is CN(Cc1cccnc1)c1ccc2cc(Br)c(F)cc2n1. The average Bonchev–Trinajstić information content (AvgIpc) is 2.49. The first-order valence-electron chi connectivity index (χ1n) is 6.49. The Labute approximate surface area is 130 Å². The quantitative estimate of drug-likeness (QED) is 0.713. The van der Waals surface area contributed by atoms with E-state index in [0.717, 1.165) is 16.8 Å². The molecule has 0 bridgehead atoms. The molecule has 0 aliphatic heterocycles. The van der Waals surface area contributed by atoms with Crippen LogP contribution < -0.4 is 4.90 Å². The van der Waals surface area contributed by atoms with E-state index in [4.69, 9.17) is 0 Å². The third-order valence-corrected chi connectivity index (χ3v) is 3.86. The number of anilines is 1. The van der Waals surface area contributed by atoms with Gasteiger partial charge in [-0.1, -0.05) is 6.07 Å². The highest BCUT2D eigenvalue weighted by molar-refractivity contribution is 9.10. The van der Waals surface area contributed by atoms with Gasteiger partial charge in [-0.05, 0) is 45.8 Å². The van der Waals surface area contributed by atoms with Crippen molar-refractivity contribution in [1.82, 2.24) is 9.97 Å². The molecular weight excluding hydrogens is 333 g/mol. The lowest BCUT2D eigenvalue weighted by atomic mass is 10.2. The molecule has 0 aliphatic carbocycles. The third-order valence-electron chi connectivity index (χ3n) is 3.25. The fourth-order valence-corrected chi connectivity index (χ4v) is 2.53. The smallest absolute Gasteiger partial charge is 0.139 e. The minimum Gasteiger partial charge on any atom is -0.355 e. The summed E-state index contributed by atoms with van der Waals surface area (Å²) in [5, 5.41) is 0.904. The normalized spacial score (nSPS) is 10.8. The summed E-state index contributed by atoms with van der Waals surface area (Å²) in [4.78, 5) is 10.6. The van der Waals surface area contributed by atoms with Crippen molar-refractivity contribution >= 4 is 32.7 Å². The highest BCUT2D eigenvalue weighted by Crippen LogP contribution is 2.24. The van der Waals surface area contributed by atoms with E-state index in [1.54, 1.807) is 12.3 Å². The average molecular weight is 346 g/mol. The minimum absolute atomic E-state index is 0.304. The summed E-state index contributed by atoms with van der Waals surface area (Å²) in [6.45, 7) is 0.700. The Hall–Kier alpha value is -2.01. The van der Waals surface area contributed by atoms with Crippen LogP contribution >= 0.6 is 15.9 Å². The lowest BCUT2D eigenvalue weighted by Crippen LogP contribution is -2.17. The molecule has 106 valence electrons. The molecule has 0 fully saturated rings. The van der Waals surface area contributed by atoms with Crippen molar-refractivity contribution in [3.05, 3.63) is 64.6 Å². The van der Waals surface area contributed by atoms with E-state index >= 15 is 0 Å². The van der Waals surface area contributed by atoms with Crippen LogP contribution in [0.1, 0.15) is 5.56 Å². The van der Waals surface area contributed by atoms with Crippen molar-refractivity contribution in [1.29, 1.82) is 0 Å². The van der Waals surface area contributed by atoms with Gasteiger partial charge in [0.05, 0.1) is 9.99 Å². The first-order chi connectivity index (χ1) is 10.1. The molecule has 3 aromatic rings. The summed E-state index contributed by atoms with van der Waals surface area (Å²) in [7, 11) is 1.95. The van der Waals surface area contributed by atoms with Crippen LogP contribution in [0.4, 0.5) is 10.2 Å². The second-order valence-electron chi connectivity index (χ2n) is 4.85. The van der Waals surface area contributed by atoms with Crippen molar-refractivity contribution in [3.8, 4) is 0 Å². The molecule has 0 spiro atoms. The van der Waals surface area contributed by atoms with Gasteiger partial charge >= 0.3 is 0 Å². The van der Waals surface area contributed by atoms with Gasteiger partial charge in [0, 0.05) is 37.4 Å². The van der Waals surface area contributed by atoms with Gasteiger partial charge in [-0.25, -0.2) is 9.37 Å². The van der Waals surface area contributed by atoms with Gasteiger partial charge in [0.2, 0.25) is 0 Å². The van der Waals surface area contributed by atoms with Crippen LogP contribution in [0.15, 0.2) is 53.3 Å². The molecule has 3 rings (SSSR count). The van der Waals surface area contributed by atoms with Crippen LogP contribution in [0, 0.1) is 5.82 Å². The number of nitrogens with zero attached hydrogens (tertiary/aromatic N) is 3. The minimum atomic E-state index is -0.304. The zero-order valence-electron chi connectivity index (χ0n) is 11.4. The lowest BCUT2D eigenvalue weighted by molar-refractivity contribution is 0.623. The molecule has 3 nitrogen and oxygen atoms in total. The van der Waals surface area contributed by atoms with Crippen LogP contribution in [0.3, 0.4) is 0 Å². The summed E-state index contributed by atoms with van der Waals surface area (Å²) in [6.07, 6.45) is 3.58. The number of benzene rings is 1. The number of hydrogen-bond acceptors (Lipinski definition) is 3. The van der Waals surface area contributed by atoms with Gasteiger partial charge in [-0.15, -0.1) is 0 Å². The Morgan fingerprint density at radius 2 is 2.10 bits per heavy atom. The molecule has 21 heavy (non-hydrogen) atoms. The number of fused-ring (bicyclic) bond motifs is 1. The van der Waals surface area contributed by atoms with Crippen LogP contribution in [-0.4, -0.2) is 17.0 Å². The van der Waals surface area contributed by atoms with Crippen molar-refractivity contribution in [3.63, 3.8) is 0 Å². The monoisotopic (exact) mass is 345 g/mol. The first-order valence-corrected chi connectivity index (χ1v) is 7.28. The molecule has 0 N–H and O–H groups in total. The maximum Gasteiger partial charge on any atom is 0.139 e. The standard InChI is InChI=1S/C16H13BrFN3/c1-21(10-11-3-2-6-19-9-11)16-5-4-12-7-13(17)14(18)8-15(12)20-16/h2-9H,10H2,1H3. The number of halogens is 2. The molecular formula is C16H13BrFN3. The van der Waals surface area contributed by atoms with Crippen LogP contribution in [-0.2, 0) is 6.54 Å². The third kappa shape index (κ3) is 3.03. The molecule has 0 atom stereocenters. The van der Waals surface area contributed by atoms with Crippen molar-refractivity contribution in [2.24, 2.45) is 0 Å². The Morgan fingerprint density at radius 3 is 2.86 bits per heavy atom. The van der Waals surface area contributed by atoms with Crippen LogP contribution in [0.5, 0.6) is 0 Å². The van der Waals surface area contributed by atoms with E-state index in [2.05, 4.69) is 25.9 Å². The molecule has 0 radical (unpaired) electrons.